The molecule has 5 nitrogen and oxygen atoms in total. The fourth-order valence-electron chi connectivity index (χ4n) is 3.49. The lowest BCUT2D eigenvalue weighted by atomic mass is 10.0. The fourth-order valence-corrected chi connectivity index (χ4v) is 3.49. The predicted molar refractivity (Wildman–Crippen MR) is 108 cm³/mol. The van der Waals surface area contributed by atoms with Crippen LogP contribution in [0.2, 0.25) is 0 Å². The van der Waals surface area contributed by atoms with E-state index in [1.54, 1.807) is 7.11 Å². The Labute approximate surface area is 160 Å². The largest absolute Gasteiger partial charge is 0.496 e. The van der Waals surface area contributed by atoms with Crippen LogP contribution in [0.3, 0.4) is 0 Å². The Bertz CT molecular complexity index is 941. The third-order valence-corrected chi connectivity index (χ3v) is 4.91. The van der Waals surface area contributed by atoms with Crippen molar-refractivity contribution in [2.45, 2.75) is 26.4 Å². The highest BCUT2D eigenvalue weighted by atomic mass is 16.5. The van der Waals surface area contributed by atoms with Crippen LogP contribution >= 0.6 is 0 Å². The van der Waals surface area contributed by atoms with Crippen LogP contribution in [0, 0.1) is 6.92 Å². The summed E-state index contributed by atoms with van der Waals surface area (Å²) in [5, 5.41) is 3.42. The van der Waals surface area contributed by atoms with Gasteiger partial charge in [0.1, 0.15) is 11.6 Å². The molecule has 2 heterocycles. The molecule has 0 bridgehead atoms. The van der Waals surface area contributed by atoms with Gasteiger partial charge in [-0.15, -0.1) is 0 Å². The summed E-state index contributed by atoms with van der Waals surface area (Å²) >= 11 is 0. The van der Waals surface area contributed by atoms with Crippen molar-refractivity contribution in [3.05, 3.63) is 77.0 Å². The first-order valence-electron chi connectivity index (χ1n) is 9.26. The summed E-state index contributed by atoms with van der Waals surface area (Å²) in [4.78, 5) is 11.7. The highest BCUT2D eigenvalue weighted by Crippen LogP contribution is 2.24. The van der Waals surface area contributed by atoms with Crippen LogP contribution in [0.25, 0.3) is 0 Å². The minimum atomic E-state index is 0.655. The molecule has 5 heteroatoms. The summed E-state index contributed by atoms with van der Waals surface area (Å²) in [6.07, 6.45) is 1.03. The van der Waals surface area contributed by atoms with Gasteiger partial charge >= 0.3 is 0 Å². The predicted octanol–water partition coefficient (Wildman–Crippen LogP) is 3.97. The van der Waals surface area contributed by atoms with E-state index in [1.807, 2.05) is 31.2 Å². The molecule has 0 atom stereocenters. The minimum Gasteiger partial charge on any atom is -0.496 e. The molecule has 0 aliphatic carbocycles. The molecule has 1 aliphatic rings. The Balaban J connectivity index is 1.52. The van der Waals surface area contributed by atoms with E-state index in [4.69, 9.17) is 9.72 Å². The maximum absolute atomic E-state index is 5.43. The number of para-hydroxylation sites is 1. The molecule has 0 fully saturated rings. The SMILES string of the molecule is COc1ccccc1CNc1cc(C)nc(N2CCc3ccccc3C2)n1. The first-order chi connectivity index (χ1) is 13.2. The highest BCUT2D eigenvalue weighted by Gasteiger charge is 2.18. The normalized spacial score (nSPS) is 13.2. The zero-order valence-electron chi connectivity index (χ0n) is 15.8. The van der Waals surface area contributed by atoms with Gasteiger partial charge in [0.25, 0.3) is 0 Å². The van der Waals surface area contributed by atoms with E-state index in [1.165, 1.54) is 11.1 Å². The Morgan fingerprint density at radius 1 is 1.04 bits per heavy atom. The number of methoxy groups -OCH3 is 1. The molecule has 1 N–H and O–H groups in total. The molecule has 0 spiro atoms. The van der Waals surface area contributed by atoms with Crippen LogP contribution in [0.5, 0.6) is 5.75 Å². The van der Waals surface area contributed by atoms with Gasteiger partial charge in [0.05, 0.1) is 7.11 Å². The molecule has 0 amide bonds. The summed E-state index contributed by atoms with van der Waals surface area (Å²) < 4.78 is 5.43. The van der Waals surface area contributed by atoms with Crippen molar-refractivity contribution in [1.29, 1.82) is 0 Å². The van der Waals surface area contributed by atoms with E-state index in [2.05, 4.69) is 45.5 Å². The Morgan fingerprint density at radius 3 is 2.67 bits per heavy atom. The van der Waals surface area contributed by atoms with E-state index in [0.717, 1.165) is 48.3 Å². The van der Waals surface area contributed by atoms with Crippen molar-refractivity contribution in [3.8, 4) is 5.75 Å². The number of rotatable bonds is 5. The van der Waals surface area contributed by atoms with Crippen molar-refractivity contribution >= 4 is 11.8 Å². The van der Waals surface area contributed by atoms with E-state index >= 15 is 0 Å². The molecule has 0 radical (unpaired) electrons. The van der Waals surface area contributed by atoms with E-state index in [-0.39, 0.29) is 0 Å². The molecular weight excluding hydrogens is 336 g/mol. The zero-order valence-corrected chi connectivity index (χ0v) is 15.8. The van der Waals surface area contributed by atoms with Crippen molar-refractivity contribution in [2.24, 2.45) is 0 Å². The fraction of sp³-hybridized carbons (Fsp3) is 0.273. The number of anilines is 2. The van der Waals surface area contributed by atoms with Gasteiger partial charge in [-0.2, -0.15) is 4.98 Å². The lowest BCUT2D eigenvalue weighted by Gasteiger charge is -2.29. The van der Waals surface area contributed by atoms with Crippen molar-refractivity contribution in [1.82, 2.24) is 9.97 Å². The quantitative estimate of drug-likeness (QED) is 0.746. The zero-order chi connectivity index (χ0) is 18.6. The van der Waals surface area contributed by atoms with Crippen LogP contribution in [0.4, 0.5) is 11.8 Å². The Morgan fingerprint density at radius 2 is 1.81 bits per heavy atom. The van der Waals surface area contributed by atoms with Gasteiger partial charge in [0.2, 0.25) is 5.95 Å². The van der Waals surface area contributed by atoms with Gasteiger partial charge in [0, 0.05) is 37.0 Å². The molecule has 1 aromatic heterocycles. The number of aromatic nitrogens is 2. The van der Waals surface area contributed by atoms with Crippen molar-refractivity contribution in [2.75, 3.05) is 23.9 Å². The molecule has 0 saturated carbocycles. The maximum atomic E-state index is 5.43. The van der Waals surface area contributed by atoms with Gasteiger partial charge in [-0.3, -0.25) is 0 Å². The number of hydrogen-bond donors (Lipinski definition) is 1. The molecule has 4 rings (SSSR count). The van der Waals surface area contributed by atoms with Crippen LogP contribution < -0.4 is 15.0 Å². The van der Waals surface area contributed by atoms with Crippen molar-refractivity contribution < 1.29 is 4.74 Å². The lowest BCUT2D eigenvalue weighted by Crippen LogP contribution is -2.32. The average Bonchev–Trinajstić information content (AvgIpc) is 2.71. The van der Waals surface area contributed by atoms with Gasteiger partial charge in [-0.25, -0.2) is 4.98 Å². The first-order valence-corrected chi connectivity index (χ1v) is 9.26. The van der Waals surface area contributed by atoms with Gasteiger partial charge < -0.3 is 15.0 Å². The van der Waals surface area contributed by atoms with E-state index in [9.17, 15) is 0 Å². The third-order valence-electron chi connectivity index (χ3n) is 4.91. The number of fused-ring (bicyclic) bond motifs is 1. The first kappa shape index (κ1) is 17.3. The second kappa shape index (κ2) is 7.66. The average molecular weight is 360 g/mol. The van der Waals surface area contributed by atoms with E-state index in [0.29, 0.717) is 6.54 Å². The van der Waals surface area contributed by atoms with E-state index < -0.39 is 0 Å². The molecule has 0 unspecified atom stereocenters. The summed E-state index contributed by atoms with van der Waals surface area (Å²) in [5.41, 5.74) is 4.85. The Kier molecular flexibility index (Phi) is 4.92. The number of aryl methyl sites for hydroxylation is 1. The van der Waals surface area contributed by atoms with Gasteiger partial charge in [-0.1, -0.05) is 42.5 Å². The van der Waals surface area contributed by atoms with Crippen LogP contribution in [0.1, 0.15) is 22.4 Å². The van der Waals surface area contributed by atoms with Crippen molar-refractivity contribution in [3.63, 3.8) is 0 Å². The molecular formula is C22H24N4O. The van der Waals surface area contributed by atoms with Crippen LogP contribution in [-0.2, 0) is 19.5 Å². The maximum Gasteiger partial charge on any atom is 0.227 e. The lowest BCUT2D eigenvalue weighted by molar-refractivity contribution is 0.410. The summed E-state index contributed by atoms with van der Waals surface area (Å²) in [6, 6.07) is 18.6. The summed E-state index contributed by atoms with van der Waals surface area (Å²) in [6.45, 7) is 4.46. The topological polar surface area (TPSA) is 50.3 Å². The van der Waals surface area contributed by atoms with Gasteiger partial charge in [0.15, 0.2) is 0 Å². The second-order valence-electron chi connectivity index (χ2n) is 6.80. The standard InChI is InChI=1S/C22H24N4O/c1-16-13-21(23-14-18-8-5-6-10-20(18)27-2)25-22(24-16)26-12-11-17-7-3-4-9-19(17)15-26/h3-10,13H,11-12,14-15H2,1-2H3,(H,23,24,25). The monoisotopic (exact) mass is 360 g/mol. The molecule has 2 aromatic carbocycles. The number of hydrogen-bond acceptors (Lipinski definition) is 5. The number of nitrogens with one attached hydrogen (secondary N) is 1. The summed E-state index contributed by atoms with van der Waals surface area (Å²) in [5.74, 6) is 2.50. The summed E-state index contributed by atoms with van der Waals surface area (Å²) in [7, 11) is 1.69. The number of nitrogens with zero attached hydrogens (tertiary/aromatic N) is 3. The van der Waals surface area contributed by atoms with Crippen LogP contribution in [0.15, 0.2) is 54.6 Å². The Hall–Kier alpha value is -3.08. The van der Waals surface area contributed by atoms with Gasteiger partial charge in [-0.05, 0) is 30.5 Å². The number of benzene rings is 2. The molecule has 138 valence electrons. The smallest absolute Gasteiger partial charge is 0.227 e. The third kappa shape index (κ3) is 3.87. The molecule has 0 saturated heterocycles. The second-order valence-corrected chi connectivity index (χ2v) is 6.80. The number of ether oxygens (including phenoxy) is 1. The minimum absolute atomic E-state index is 0.655. The highest BCUT2D eigenvalue weighted by molar-refractivity contribution is 5.47. The van der Waals surface area contributed by atoms with Crippen LogP contribution in [-0.4, -0.2) is 23.6 Å². The molecule has 3 aromatic rings. The molecule has 27 heavy (non-hydrogen) atoms. The molecule has 1 aliphatic heterocycles.